The maximum absolute atomic E-state index is 12.2. The van der Waals surface area contributed by atoms with Crippen molar-refractivity contribution >= 4 is 45.9 Å². The molecule has 22 heavy (non-hydrogen) atoms. The number of aromatic nitrogens is 2. The molecule has 0 radical (unpaired) electrons. The fraction of sp³-hybridized carbons (Fsp3) is 0.400. The monoisotopic (exact) mass is 353 g/mol. The van der Waals surface area contributed by atoms with Gasteiger partial charge in [0, 0.05) is 10.6 Å². The second kappa shape index (κ2) is 8.55. The lowest BCUT2D eigenvalue weighted by molar-refractivity contribution is -0.115. The third-order valence-corrected chi connectivity index (χ3v) is 6.06. The van der Waals surface area contributed by atoms with Crippen molar-refractivity contribution in [3.63, 3.8) is 0 Å². The second-order valence-electron chi connectivity index (χ2n) is 4.78. The van der Waals surface area contributed by atoms with E-state index in [1.165, 1.54) is 28.7 Å². The van der Waals surface area contributed by atoms with E-state index in [2.05, 4.69) is 34.6 Å². The van der Waals surface area contributed by atoms with Gasteiger partial charge in [0.05, 0.1) is 5.25 Å². The molecule has 7 heteroatoms. The van der Waals surface area contributed by atoms with Gasteiger partial charge < -0.3 is 0 Å². The average molecular weight is 354 g/mol. The summed E-state index contributed by atoms with van der Waals surface area (Å²) in [6, 6.07) is 8.17. The Morgan fingerprint density at radius 3 is 2.73 bits per heavy atom. The van der Waals surface area contributed by atoms with Crippen molar-refractivity contribution in [2.45, 2.75) is 41.7 Å². The van der Waals surface area contributed by atoms with Crippen LogP contribution in [0, 0.1) is 6.92 Å². The van der Waals surface area contributed by atoms with Gasteiger partial charge in [-0.25, -0.2) is 0 Å². The number of nitrogens with one attached hydrogen (secondary N) is 1. The predicted octanol–water partition coefficient (Wildman–Crippen LogP) is 4.47. The van der Waals surface area contributed by atoms with Gasteiger partial charge in [0.25, 0.3) is 0 Å². The molecule has 0 bridgehead atoms. The summed E-state index contributed by atoms with van der Waals surface area (Å²) in [5.74, 6) is 0.969. The summed E-state index contributed by atoms with van der Waals surface area (Å²) in [5.41, 5.74) is 1.22. The summed E-state index contributed by atoms with van der Waals surface area (Å²) in [7, 11) is 0. The molecule has 1 amide bonds. The van der Waals surface area contributed by atoms with E-state index in [0.29, 0.717) is 5.13 Å². The summed E-state index contributed by atoms with van der Waals surface area (Å²) >= 11 is 4.63. The molecule has 0 aliphatic rings. The third-order valence-electron chi connectivity index (χ3n) is 2.77. The molecule has 1 aromatic heterocycles. The van der Waals surface area contributed by atoms with Crippen LogP contribution in [-0.2, 0) is 4.79 Å². The standard InChI is InChI=1S/C15H19N3OS3/c1-4-9-20-15-18-17-14(22-15)16-13(19)11(3)21-12-7-5-10(2)6-8-12/h5-8,11H,4,9H2,1-3H3,(H,16,17,19)/t11-/m0/s1. The molecule has 2 rings (SSSR count). The summed E-state index contributed by atoms with van der Waals surface area (Å²) in [6.45, 7) is 6.07. The molecule has 0 aliphatic heterocycles. The number of carbonyl (C=O) groups is 1. The fourth-order valence-electron chi connectivity index (χ4n) is 1.59. The Morgan fingerprint density at radius 2 is 2.05 bits per heavy atom. The maximum atomic E-state index is 12.2. The van der Waals surface area contributed by atoms with E-state index in [9.17, 15) is 4.79 Å². The van der Waals surface area contributed by atoms with Gasteiger partial charge >= 0.3 is 0 Å². The second-order valence-corrected chi connectivity index (χ2v) is 8.52. The molecule has 1 aromatic carbocycles. The molecule has 2 aromatic rings. The highest BCUT2D eigenvalue weighted by Gasteiger charge is 2.16. The molecule has 1 N–H and O–H groups in total. The largest absolute Gasteiger partial charge is 0.300 e. The summed E-state index contributed by atoms with van der Waals surface area (Å²) in [4.78, 5) is 13.3. The minimum Gasteiger partial charge on any atom is -0.300 e. The predicted molar refractivity (Wildman–Crippen MR) is 96.1 cm³/mol. The minimum absolute atomic E-state index is 0.0474. The zero-order chi connectivity index (χ0) is 15.9. The van der Waals surface area contributed by atoms with E-state index in [1.807, 2.05) is 26.0 Å². The molecule has 0 saturated carbocycles. The van der Waals surface area contributed by atoms with Crippen molar-refractivity contribution in [3.05, 3.63) is 29.8 Å². The Labute approximate surface area is 143 Å². The quantitative estimate of drug-likeness (QED) is 0.588. The van der Waals surface area contributed by atoms with E-state index in [4.69, 9.17) is 0 Å². The molecule has 1 atom stereocenters. The van der Waals surface area contributed by atoms with Crippen LogP contribution in [0.5, 0.6) is 0 Å². The smallest absolute Gasteiger partial charge is 0.239 e. The van der Waals surface area contributed by atoms with Crippen molar-refractivity contribution in [2.75, 3.05) is 11.1 Å². The number of thioether (sulfide) groups is 2. The van der Waals surface area contributed by atoms with Gasteiger partial charge in [0.2, 0.25) is 11.0 Å². The highest BCUT2D eigenvalue weighted by atomic mass is 32.2. The van der Waals surface area contributed by atoms with Crippen molar-refractivity contribution in [2.24, 2.45) is 0 Å². The number of aryl methyl sites for hydroxylation is 1. The lowest BCUT2D eigenvalue weighted by Gasteiger charge is -2.10. The average Bonchev–Trinajstić information content (AvgIpc) is 2.95. The van der Waals surface area contributed by atoms with Crippen LogP contribution in [0.15, 0.2) is 33.5 Å². The SMILES string of the molecule is CCCSc1nnc(NC(=O)[C@H](C)Sc2ccc(C)cc2)s1. The fourth-order valence-corrected chi connectivity index (χ4v) is 4.14. The lowest BCUT2D eigenvalue weighted by Crippen LogP contribution is -2.22. The van der Waals surface area contributed by atoms with Crippen LogP contribution in [0.3, 0.4) is 0 Å². The van der Waals surface area contributed by atoms with Gasteiger partial charge in [-0.2, -0.15) is 0 Å². The van der Waals surface area contributed by atoms with Crippen LogP contribution in [-0.4, -0.2) is 27.1 Å². The van der Waals surface area contributed by atoms with Gasteiger partial charge in [-0.3, -0.25) is 10.1 Å². The zero-order valence-corrected chi connectivity index (χ0v) is 15.3. The minimum atomic E-state index is -0.182. The van der Waals surface area contributed by atoms with Gasteiger partial charge in [-0.15, -0.1) is 22.0 Å². The Bertz CT molecular complexity index is 613. The molecule has 0 saturated heterocycles. The van der Waals surface area contributed by atoms with E-state index in [-0.39, 0.29) is 11.2 Å². The van der Waals surface area contributed by atoms with Crippen LogP contribution in [0.1, 0.15) is 25.8 Å². The number of carbonyl (C=O) groups excluding carboxylic acids is 1. The van der Waals surface area contributed by atoms with Gasteiger partial charge in [-0.1, -0.05) is 47.7 Å². The van der Waals surface area contributed by atoms with Crippen LogP contribution < -0.4 is 5.32 Å². The zero-order valence-electron chi connectivity index (χ0n) is 12.8. The van der Waals surface area contributed by atoms with Gasteiger partial charge in [-0.05, 0) is 32.4 Å². The number of anilines is 1. The third kappa shape index (κ3) is 5.30. The molecule has 0 unspecified atom stereocenters. The Hall–Kier alpha value is -1.05. The van der Waals surface area contributed by atoms with Crippen LogP contribution in [0.4, 0.5) is 5.13 Å². The van der Waals surface area contributed by atoms with E-state index in [0.717, 1.165) is 21.4 Å². The van der Waals surface area contributed by atoms with Crippen molar-refractivity contribution in [1.29, 1.82) is 0 Å². The highest BCUT2D eigenvalue weighted by molar-refractivity contribution is 8.01. The molecule has 118 valence electrons. The lowest BCUT2D eigenvalue weighted by atomic mass is 10.2. The molecule has 0 fully saturated rings. The van der Waals surface area contributed by atoms with Crippen LogP contribution in [0.25, 0.3) is 0 Å². The van der Waals surface area contributed by atoms with E-state index in [1.54, 1.807) is 11.8 Å². The number of benzene rings is 1. The topological polar surface area (TPSA) is 54.9 Å². The van der Waals surface area contributed by atoms with Crippen molar-refractivity contribution in [3.8, 4) is 0 Å². The van der Waals surface area contributed by atoms with E-state index < -0.39 is 0 Å². The number of hydrogen-bond donors (Lipinski definition) is 1. The van der Waals surface area contributed by atoms with Crippen molar-refractivity contribution in [1.82, 2.24) is 10.2 Å². The first-order valence-corrected chi connectivity index (χ1v) is 9.77. The van der Waals surface area contributed by atoms with Crippen LogP contribution in [0.2, 0.25) is 0 Å². The number of hydrogen-bond acceptors (Lipinski definition) is 6. The molecule has 0 spiro atoms. The van der Waals surface area contributed by atoms with Crippen molar-refractivity contribution < 1.29 is 4.79 Å². The first-order valence-electron chi connectivity index (χ1n) is 7.09. The summed E-state index contributed by atoms with van der Waals surface area (Å²) in [5, 5.41) is 11.3. The molecule has 4 nitrogen and oxygen atoms in total. The first-order chi connectivity index (χ1) is 10.6. The van der Waals surface area contributed by atoms with E-state index >= 15 is 0 Å². The normalized spacial score (nSPS) is 12.1. The molecule has 0 aliphatic carbocycles. The summed E-state index contributed by atoms with van der Waals surface area (Å²) in [6.07, 6.45) is 1.09. The first kappa shape index (κ1) is 17.3. The highest BCUT2D eigenvalue weighted by Crippen LogP contribution is 2.28. The number of nitrogens with zero attached hydrogens (tertiary/aromatic N) is 2. The Kier molecular flexibility index (Phi) is 6.72. The van der Waals surface area contributed by atoms with Gasteiger partial charge in [0.15, 0.2) is 4.34 Å². The summed E-state index contributed by atoms with van der Waals surface area (Å²) < 4.78 is 0.899. The number of rotatable bonds is 7. The van der Waals surface area contributed by atoms with Crippen LogP contribution >= 0.6 is 34.9 Å². The number of amides is 1. The Balaban J connectivity index is 1.88. The molecular formula is C15H19N3OS3. The van der Waals surface area contributed by atoms with Gasteiger partial charge in [0.1, 0.15) is 0 Å². The Morgan fingerprint density at radius 1 is 1.32 bits per heavy atom. The molecular weight excluding hydrogens is 334 g/mol. The molecule has 1 heterocycles. The maximum Gasteiger partial charge on any atom is 0.239 e.